The molecule has 0 radical (unpaired) electrons. The number of nitrogens with one attached hydrogen (secondary N) is 1. The van der Waals surface area contributed by atoms with Crippen molar-refractivity contribution in [1.29, 1.82) is 0 Å². The molecule has 1 N–H and O–H groups in total. The molecule has 64 valence electrons. The number of hydrogen-bond acceptors (Lipinski definition) is 1. The highest BCUT2D eigenvalue weighted by molar-refractivity contribution is 6.19. The largest absolute Gasteiger partial charge is 0.338 e. The number of rotatable bonds is 2. The predicted molar refractivity (Wildman–Crippen MR) is 44.6 cm³/mol. The number of hydrogen-bond donors (Lipinski definition) is 1. The van der Waals surface area contributed by atoms with E-state index in [1.807, 2.05) is 0 Å². The monoisotopic (exact) mass is 187 g/mol. The van der Waals surface area contributed by atoms with Gasteiger partial charge in [0.25, 0.3) is 5.91 Å². The van der Waals surface area contributed by atoms with E-state index in [1.165, 1.54) is 18.2 Å². The number of amides is 1. The summed E-state index contributed by atoms with van der Waals surface area (Å²) in [5.74, 6) is -1.04. The fourth-order valence-corrected chi connectivity index (χ4v) is 0.923. The molecule has 0 aliphatic carbocycles. The molecule has 0 saturated carbocycles. The van der Waals surface area contributed by atoms with Crippen LogP contribution in [0.1, 0.15) is 10.4 Å². The van der Waals surface area contributed by atoms with Crippen molar-refractivity contribution in [2.45, 2.75) is 0 Å². The first kappa shape index (κ1) is 9.00. The topological polar surface area (TPSA) is 29.1 Å². The van der Waals surface area contributed by atoms with Gasteiger partial charge < -0.3 is 5.32 Å². The predicted octanol–water partition coefficient (Wildman–Crippen LogP) is 1.75. The minimum Gasteiger partial charge on any atom is -0.338 e. The minimum absolute atomic E-state index is 0.0122. The Morgan fingerprint density at radius 3 is 2.75 bits per heavy atom. The molecule has 1 aromatic rings. The van der Waals surface area contributed by atoms with Crippen LogP contribution in [0, 0.1) is 5.82 Å². The highest BCUT2D eigenvalue weighted by atomic mass is 35.5. The maximum Gasteiger partial charge on any atom is 0.255 e. The summed E-state index contributed by atoms with van der Waals surface area (Å²) >= 11 is 5.24. The van der Waals surface area contributed by atoms with Crippen molar-refractivity contribution in [2.24, 2.45) is 0 Å². The number of carbonyl (C=O) groups excluding carboxylic acids is 1. The summed E-state index contributed by atoms with van der Waals surface area (Å²) in [5.41, 5.74) is 0.0122. The van der Waals surface area contributed by atoms with E-state index in [-0.39, 0.29) is 11.6 Å². The summed E-state index contributed by atoms with van der Waals surface area (Å²) in [7, 11) is 0. The average Bonchev–Trinajstić information content (AvgIpc) is 2.05. The SMILES string of the molecule is O=C(NCCl)c1ccccc1F. The Balaban J connectivity index is 2.87. The molecule has 0 saturated heterocycles. The molecule has 0 spiro atoms. The van der Waals surface area contributed by atoms with Crippen molar-refractivity contribution >= 4 is 17.5 Å². The highest BCUT2D eigenvalue weighted by Crippen LogP contribution is 2.05. The summed E-state index contributed by atoms with van der Waals surface area (Å²) in [6.07, 6.45) is 0. The Morgan fingerprint density at radius 2 is 2.17 bits per heavy atom. The van der Waals surface area contributed by atoms with Gasteiger partial charge in [-0.15, -0.1) is 11.6 Å². The fraction of sp³-hybridized carbons (Fsp3) is 0.125. The maximum absolute atomic E-state index is 12.9. The minimum atomic E-state index is -0.542. The van der Waals surface area contributed by atoms with E-state index < -0.39 is 11.7 Å². The van der Waals surface area contributed by atoms with Crippen molar-refractivity contribution in [2.75, 3.05) is 6.00 Å². The van der Waals surface area contributed by atoms with Crippen LogP contribution in [0.15, 0.2) is 24.3 Å². The maximum atomic E-state index is 12.9. The molecule has 0 fully saturated rings. The number of benzene rings is 1. The Morgan fingerprint density at radius 1 is 1.50 bits per heavy atom. The Hall–Kier alpha value is -1.09. The lowest BCUT2D eigenvalue weighted by Crippen LogP contribution is -2.22. The zero-order valence-electron chi connectivity index (χ0n) is 6.18. The van der Waals surface area contributed by atoms with Crippen LogP contribution in [-0.2, 0) is 0 Å². The van der Waals surface area contributed by atoms with Crippen LogP contribution in [0.25, 0.3) is 0 Å². The lowest BCUT2D eigenvalue weighted by atomic mass is 10.2. The van der Waals surface area contributed by atoms with Gasteiger partial charge in [0.1, 0.15) is 5.82 Å². The molecule has 1 aromatic carbocycles. The zero-order valence-corrected chi connectivity index (χ0v) is 6.94. The zero-order chi connectivity index (χ0) is 8.97. The van der Waals surface area contributed by atoms with E-state index in [2.05, 4.69) is 5.32 Å². The molecule has 2 nitrogen and oxygen atoms in total. The molecular formula is C8H7ClFNO. The first-order valence-electron chi connectivity index (χ1n) is 3.34. The van der Waals surface area contributed by atoms with Crippen molar-refractivity contribution in [3.05, 3.63) is 35.6 Å². The molecule has 12 heavy (non-hydrogen) atoms. The second kappa shape index (κ2) is 4.07. The van der Waals surface area contributed by atoms with Gasteiger partial charge in [0, 0.05) is 0 Å². The van der Waals surface area contributed by atoms with Crippen molar-refractivity contribution < 1.29 is 9.18 Å². The van der Waals surface area contributed by atoms with E-state index in [9.17, 15) is 9.18 Å². The molecule has 0 atom stereocenters. The van der Waals surface area contributed by atoms with E-state index in [1.54, 1.807) is 6.07 Å². The molecule has 0 aromatic heterocycles. The number of carbonyl (C=O) groups is 1. The lowest BCUT2D eigenvalue weighted by Gasteiger charge is -2.00. The van der Waals surface area contributed by atoms with Crippen molar-refractivity contribution in [1.82, 2.24) is 5.32 Å². The van der Waals surface area contributed by atoms with Gasteiger partial charge in [0.2, 0.25) is 0 Å². The lowest BCUT2D eigenvalue weighted by molar-refractivity contribution is 0.0956. The van der Waals surface area contributed by atoms with Crippen LogP contribution in [0.4, 0.5) is 4.39 Å². The van der Waals surface area contributed by atoms with Crippen LogP contribution >= 0.6 is 11.6 Å². The molecule has 0 heterocycles. The molecular weight excluding hydrogens is 181 g/mol. The average molecular weight is 188 g/mol. The van der Waals surface area contributed by atoms with E-state index in [0.717, 1.165) is 0 Å². The number of alkyl halides is 1. The Bertz CT molecular complexity index is 290. The summed E-state index contributed by atoms with van der Waals surface area (Å²) in [6, 6.07) is 5.71. The van der Waals surface area contributed by atoms with Gasteiger partial charge in [-0.1, -0.05) is 12.1 Å². The highest BCUT2D eigenvalue weighted by Gasteiger charge is 2.08. The van der Waals surface area contributed by atoms with Crippen LogP contribution in [-0.4, -0.2) is 11.9 Å². The van der Waals surface area contributed by atoms with E-state index in [0.29, 0.717) is 0 Å². The summed E-state index contributed by atoms with van der Waals surface area (Å²) in [6.45, 7) is 0. The first-order valence-corrected chi connectivity index (χ1v) is 3.88. The Labute approximate surface area is 74.3 Å². The van der Waals surface area contributed by atoms with Crippen LogP contribution < -0.4 is 5.32 Å². The van der Waals surface area contributed by atoms with Gasteiger partial charge in [-0.3, -0.25) is 4.79 Å². The van der Waals surface area contributed by atoms with Crippen LogP contribution in [0.5, 0.6) is 0 Å². The Kier molecular flexibility index (Phi) is 3.05. The molecule has 1 rings (SSSR count). The molecule has 0 aliphatic rings. The van der Waals surface area contributed by atoms with Crippen molar-refractivity contribution in [3.8, 4) is 0 Å². The molecule has 0 unspecified atom stereocenters. The van der Waals surface area contributed by atoms with Gasteiger partial charge in [-0.05, 0) is 12.1 Å². The smallest absolute Gasteiger partial charge is 0.255 e. The fourth-order valence-electron chi connectivity index (χ4n) is 0.801. The van der Waals surface area contributed by atoms with Crippen molar-refractivity contribution in [3.63, 3.8) is 0 Å². The third-order valence-electron chi connectivity index (χ3n) is 1.35. The molecule has 0 bridgehead atoms. The normalized spacial score (nSPS) is 9.50. The van der Waals surface area contributed by atoms with Gasteiger partial charge in [-0.25, -0.2) is 4.39 Å². The van der Waals surface area contributed by atoms with E-state index in [4.69, 9.17) is 11.6 Å². The van der Waals surface area contributed by atoms with Gasteiger partial charge >= 0.3 is 0 Å². The van der Waals surface area contributed by atoms with Crippen LogP contribution in [0.2, 0.25) is 0 Å². The quantitative estimate of drug-likeness (QED) is 0.555. The van der Waals surface area contributed by atoms with Gasteiger partial charge in [0.05, 0.1) is 11.6 Å². The third kappa shape index (κ3) is 1.95. The first-order chi connectivity index (χ1) is 5.75. The van der Waals surface area contributed by atoms with Gasteiger partial charge in [-0.2, -0.15) is 0 Å². The third-order valence-corrected chi connectivity index (χ3v) is 1.48. The molecule has 0 aliphatic heterocycles. The van der Waals surface area contributed by atoms with Crippen LogP contribution in [0.3, 0.4) is 0 Å². The molecule has 1 amide bonds. The number of halogens is 2. The standard InChI is InChI=1S/C8H7ClFNO/c9-5-11-8(12)6-3-1-2-4-7(6)10/h1-4H,5H2,(H,11,12). The summed E-state index contributed by atoms with van der Waals surface area (Å²) in [4.78, 5) is 11.0. The summed E-state index contributed by atoms with van der Waals surface area (Å²) in [5, 5.41) is 2.29. The summed E-state index contributed by atoms with van der Waals surface area (Å²) < 4.78 is 12.9. The van der Waals surface area contributed by atoms with Gasteiger partial charge in [0.15, 0.2) is 0 Å². The molecule has 4 heteroatoms. The second-order valence-electron chi connectivity index (χ2n) is 2.12. The van der Waals surface area contributed by atoms with E-state index >= 15 is 0 Å². The second-order valence-corrected chi connectivity index (χ2v) is 2.39.